The van der Waals surface area contributed by atoms with Crippen LogP contribution in [0.25, 0.3) is 0 Å². The lowest BCUT2D eigenvalue weighted by Gasteiger charge is -2.32. The van der Waals surface area contributed by atoms with Crippen molar-refractivity contribution in [2.24, 2.45) is 5.92 Å². The molecular formula is C14H20FNO. The third kappa shape index (κ3) is 2.78. The van der Waals surface area contributed by atoms with E-state index in [1.165, 1.54) is 31.4 Å². The summed E-state index contributed by atoms with van der Waals surface area (Å²) in [5.74, 6) is 0.466. The van der Waals surface area contributed by atoms with Crippen LogP contribution in [0.3, 0.4) is 0 Å². The molecule has 1 aromatic rings. The SMILES string of the molecule is CC(O)c1cc(F)ccc1N(C)CC1CCC1. The van der Waals surface area contributed by atoms with Gasteiger partial charge in [0.1, 0.15) is 5.82 Å². The Bertz CT molecular complexity index is 388. The van der Waals surface area contributed by atoms with Crippen LogP contribution >= 0.6 is 0 Å². The van der Waals surface area contributed by atoms with Gasteiger partial charge in [0.05, 0.1) is 6.10 Å². The smallest absolute Gasteiger partial charge is 0.123 e. The number of aliphatic hydroxyl groups excluding tert-OH is 1. The zero-order valence-corrected chi connectivity index (χ0v) is 10.5. The van der Waals surface area contributed by atoms with Gasteiger partial charge in [-0.05, 0) is 43.9 Å². The number of benzene rings is 1. The Balaban J connectivity index is 2.17. The highest BCUT2D eigenvalue weighted by Gasteiger charge is 2.21. The predicted octanol–water partition coefficient (Wildman–Crippen LogP) is 3.12. The van der Waals surface area contributed by atoms with E-state index in [-0.39, 0.29) is 5.82 Å². The maximum Gasteiger partial charge on any atom is 0.123 e. The minimum Gasteiger partial charge on any atom is -0.389 e. The average molecular weight is 237 g/mol. The maximum absolute atomic E-state index is 13.2. The summed E-state index contributed by atoms with van der Waals surface area (Å²) in [4.78, 5) is 2.13. The Labute approximate surface area is 102 Å². The second kappa shape index (κ2) is 5.05. The molecule has 0 aromatic heterocycles. The zero-order chi connectivity index (χ0) is 12.4. The van der Waals surface area contributed by atoms with Gasteiger partial charge in [0.25, 0.3) is 0 Å². The Hall–Kier alpha value is -1.09. The van der Waals surface area contributed by atoms with Crippen molar-refractivity contribution in [2.75, 3.05) is 18.5 Å². The normalized spacial score (nSPS) is 17.6. The van der Waals surface area contributed by atoms with Gasteiger partial charge in [-0.3, -0.25) is 0 Å². The Morgan fingerprint density at radius 3 is 2.71 bits per heavy atom. The Morgan fingerprint density at radius 2 is 2.18 bits per heavy atom. The lowest BCUT2D eigenvalue weighted by Crippen LogP contribution is -2.30. The van der Waals surface area contributed by atoms with Crippen molar-refractivity contribution >= 4 is 5.69 Å². The minimum atomic E-state index is -0.635. The third-order valence-electron chi connectivity index (χ3n) is 3.61. The molecule has 0 radical (unpaired) electrons. The molecule has 1 aliphatic rings. The lowest BCUT2D eigenvalue weighted by molar-refractivity contribution is 0.199. The van der Waals surface area contributed by atoms with E-state index in [2.05, 4.69) is 4.90 Å². The van der Waals surface area contributed by atoms with Gasteiger partial charge in [0, 0.05) is 24.8 Å². The van der Waals surface area contributed by atoms with Crippen molar-refractivity contribution in [3.8, 4) is 0 Å². The molecule has 0 spiro atoms. The third-order valence-corrected chi connectivity index (χ3v) is 3.61. The first kappa shape index (κ1) is 12.4. The molecule has 3 heteroatoms. The van der Waals surface area contributed by atoms with Crippen LogP contribution in [0.15, 0.2) is 18.2 Å². The van der Waals surface area contributed by atoms with E-state index < -0.39 is 6.10 Å². The highest BCUT2D eigenvalue weighted by Crippen LogP contribution is 2.31. The molecule has 1 saturated carbocycles. The molecule has 1 fully saturated rings. The molecule has 1 aliphatic carbocycles. The van der Waals surface area contributed by atoms with Crippen molar-refractivity contribution in [3.63, 3.8) is 0 Å². The van der Waals surface area contributed by atoms with Crippen LogP contribution in [0.4, 0.5) is 10.1 Å². The van der Waals surface area contributed by atoms with Crippen LogP contribution in [0, 0.1) is 11.7 Å². The minimum absolute atomic E-state index is 0.290. The fraction of sp³-hybridized carbons (Fsp3) is 0.571. The largest absolute Gasteiger partial charge is 0.389 e. The van der Waals surface area contributed by atoms with Gasteiger partial charge in [-0.1, -0.05) is 6.42 Å². The predicted molar refractivity (Wildman–Crippen MR) is 67.6 cm³/mol. The van der Waals surface area contributed by atoms with E-state index in [0.717, 1.165) is 18.2 Å². The zero-order valence-electron chi connectivity index (χ0n) is 10.5. The molecule has 94 valence electrons. The summed E-state index contributed by atoms with van der Waals surface area (Å²) >= 11 is 0. The van der Waals surface area contributed by atoms with Crippen LogP contribution in [0.2, 0.25) is 0 Å². The molecule has 1 unspecified atom stereocenters. The summed E-state index contributed by atoms with van der Waals surface area (Å²) < 4.78 is 13.2. The summed E-state index contributed by atoms with van der Waals surface area (Å²) in [6.45, 7) is 2.67. The van der Waals surface area contributed by atoms with Gasteiger partial charge < -0.3 is 10.0 Å². The van der Waals surface area contributed by atoms with Crippen LogP contribution in [0.5, 0.6) is 0 Å². The average Bonchev–Trinajstić information content (AvgIpc) is 2.23. The van der Waals surface area contributed by atoms with Crippen LogP contribution in [-0.2, 0) is 0 Å². The van der Waals surface area contributed by atoms with E-state index in [1.807, 2.05) is 7.05 Å². The van der Waals surface area contributed by atoms with E-state index >= 15 is 0 Å². The molecule has 0 heterocycles. The molecule has 0 saturated heterocycles. The standard InChI is InChI=1S/C14H20FNO/c1-10(17)13-8-12(15)6-7-14(13)16(2)9-11-4-3-5-11/h6-8,10-11,17H,3-5,9H2,1-2H3. The van der Waals surface area contributed by atoms with E-state index in [0.29, 0.717) is 5.56 Å². The summed E-state index contributed by atoms with van der Waals surface area (Å²) in [7, 11) is 2.01. The van der Waals surface area contributed by atoms with Crippen molar-refractivity contribution < 1.29 is 9.50 Å². The Kier molecular flexibility index (Phi) is 3.67. The highest BCUT2D eigenvalue weighted by atomic mass is 19.1. The molecule has 1 N–H and O–H groups in total. The number of halogens is 1. The van der Waals surface area contributed by atoms with E-state index in [9.17, 15) is 9.50 Å². The van der Waals surface area contributed by atoms with Crippen LogP contribution < -0.4 is 4.90 Å². The fourth-order valence-corrected chi connectivity index (χ4v) is 2.37. The summed E-state index contributed by atoms with van der Waals surface area (Å²) in [6, 6.07) is 4.64. The van der Waals surface area contributed by atoms with Gasteiger partial charge in [0.15, 0.2) is 0 Å². The Morgan fingerprint density at radius 1 is 1.47 bits per heavy atom. The number of rotatable bonds is 4. The molecule has 1 atom stereocenters. The van der Waals surface area contributed by atoms with Crippen molar-refractivity contribution in [1.82, 2.24) is 0 Å². The van der Waals surface area contributed by atoms with Crippen LogP contribution in [-0.4, -0.2) is 18.7 Å². The number of nitrogens with zero attached hydrogens (tertiary/aromatic N) is 1. The first-order valence-electron chi connectivity index (χ1n) is 6.26. The monoisotopic (exact) mass is 237 g/mol. The molecule has 0 aliphatic heterocycles. The summed E-state index contributed by atoms with van der Waals surface area (Å²) in [6.07, 6.45) is 3.26. The van der Waals surface area contributed by atoms with Gasteiger partial charge in [0.2, 0.25) is 0 Å². The molecule has 0 amide bonds. The number of hydrogen-bond donors (Lipinski definition) is 1. The topological polar surface area (TPSA) is 23.5 Å². The van der Waals surface area contributed by atoms with Crippen LogP contribution in [0.1, 0.15) is 37.9 Å². The second-order valence-electron chi connectivity index (χ2n) is 5.06. The summed E-state index contributed by atoms with van der Waals surface area (Å²) in [5, 5.41) is 9.69. The van der Waals surface area contributed by atoms with Crippen molar-refractivity contribution in [1.29, 1.82) is 0 Å². The molecule has 2 nitrogen and oxygen atoms in total. The highest BCUT2D eigenvalue weighted by molar-refractivity contribution is 5.54. The quantitative estimate of drug-likeness (QED) is 0.869. The molecule has 17 heavy (non-hydrogen) atoms. The maximum atomic E-state index is 13.2. The number of aliphatic hydroxyl groups is 1. The molecular weight excluding hydrogens is 217 g/mol. The van der Waals surface area contributed by atoms with Crippen molar-refractivity contribution in [2.45, 2.75) is 32.3 Å². The van der Waals surface area contributed by atoms with E-state index in [1.54, 1.807) is 13.0 Å². The van der Waals surface area contributed by atoms with E-state index in [4.69, 9.17) is 0 Å². The van der Waals surface area contributed by atoms with Gasteiger partial charge in [-0.2, -0.15) is 0 Å². The number of hydrogen-bond acceptors (Lipinski definition) is 2. The van der Waals surface area contributed by atoms with Gasteiger partial charge in [-0.25, -0.2) is 4.39 Å². The number of anilines is 1. The fourth-order valence-electron chi connectivity index (χ4n) is 2.37. The van der Waals surface area contributed by atoms with Gasteiger partial charge >= 0.3 is 0 Å². The lowest BCUT2D eigenvalue weighted by atomic mass is 9.85. The second-order valence-corrected chi connectivity index (χ2v) is 5.06. The molecule has 2 rings (SSSR count). The first-order chi connectivity index (χ1) is 8.08. The van der Waals surface area contributed by atoms with Gasteiger partial charge in [-0.15, -0.1) is 0 Å². The molecule has 1 aromatic carbocycles. The summed E-state index contributed by atoms with van der Waals surface area (Å²) in [5.41, 5.74) is 1.61. The molecule has 0 bridgehead atoms. The van der Waals surface area contributed by atoms with Crippen molar-refractivity contribution in [3.05, 3.63) is 29.6 Å². The first-order valence-corrected chi connectivity index (χ1v) is 6.26.